The first-order valence-electron chi connectivity index (χ1n) is 27.1. The molecule has 0 spiro atoms. The van der Waals surface area contributed by atoms with Crippen molar-refractivity contribution in [3.8, 4) is 0 Å². The first-order chi connectivity index (χ1) is 34.7. The van der Waals surface area contributed by atoms with E-state index in [1.54, 1.807) is 20.8 Å². The Bertz CT molecular complexity index is 1600. The predicted molar refractivity (Wildman–Crippen MR) is 280 cm³/mol. The van der Waals surface area contributed by atoms with Crippen molar-refractivity contribution in [1.82, 2.24) is 10.6 Å². The minimum atomic E-state index is -1.09. The number of amides is 3. The zero-order chi connectivity index (χ0) is 54.7. The van der Waals surface area contributed by atoms with Crippen LogP contribution in [0.2, 0.25) is 0 Å². The van der Waals surface area contributed by atoms with Crippen molar-refractivity contribution in [2.24, 2.45) is 28.9 Å². The van der Waals surface area contributed by atoms with E-state index in [-0.39, 0.29) is 136 Å². The Hall–Kier alpha value is -4.17. The lowest BCUT2D eigenvalue weighted by atomic mass is 9.80. The van der Waals surface area contributed by atoms with Crippen LogP contribution < -0.4 is 16.4 Å². The number of aliphatic carboxylic acids is 2. The summed E-state index contributed by atoms with van der Waals surface area (Å²) in [4.78, 5) is 109. The van der Waals surface area contributed by atoms with Crippen LogP contribution >= 0.6 is 0 Å². The van der Waals surface area contributed by atoms with E-state index < -0.39 is 47.1 Å². The molecule has 7 N–H and O–H groups in total. The summed E-state index contributed by atoms with van der Waals surface area (Å²) in [6.45, 7) is 8.22. The average molecular weight is 1050 g/mol. The summed E-state index contributed by atoms with van der Waals surface area (Å²) in [5.41, 5.74) is 4.72. The molecule has 19 heteroatoms. The molecule has 0 saturated carbocycles. The van der Waals surface area contributed by atoms with Gasteiger partial charge < -0.3 is 50.6 Å². The van der Waals surface area contributed by atoms with Gasteiger partial charge in [-0.25, -0.2) is 0 Å². The second kappa shape index (κ2) is 44.2. The fourth-order valence-electron chi connectivity index (χ4n) is 7.92. The lowest BCUT2D eigenvalue weighted by molar-refractivity contribution is -0.144. The molecule has 0 radical (unpaired) electrons. The summed E-state index contributed by atoms with van der Waals surface area (Å²) in [6, 6.07) is 0. The zero-order valence-corrected chi connectivity index (χ0v) is 45.0. The monoisotopic (exact) mass is 1050 g/mol. The summed E-state index contributed by atoms with van der Waals surface area (Å²) in [5, 5.41) is 33.6. The van der Waals surface area contributed by atoms with Gasteiger partial charge in [0.15, 0.2) is 0 Å². The van der Waals surface area contributed by atoms with Gasteiger partial charge in [-0.3, -0.25) is 43.2 Å². The maximum absolute atomic E-state index is 13.0. The van der Waals surface area contributed by atoms with Gasteiger partial charge in [0.2, 0.25) is 17.7 Å². The quantitative estimate of drug-likeness (QED) is 0.0330. The number of aliphatic hydroxyl groups is 1. The molecule has 0 rings (SSSR count). The van der Waals surface area contributed by atoms with Gasteiger partial charge >= 0.3 is 11.9 Å². The maximum Gasteiger partial charge on any atom is 0.306 e. The standard InChI is InChI=1S/C54H95N3O16.2H2/c1-41(58)46(52(55)67)38-47(61)42(37-48(62)54(2,3)4)22-19-20-28-56-49(63)39-73-35-33-71-31-29-57-50(64)40-72-34-32-70-30-21-24-44(59)27-26-43(53(68)69)36-45(60)23-17-15-13-11-9-7-5-6-8-10-12-14-16-18-25-51(65)66;;/h41-43,46,58H,5-40H2,1-4H3,(H2,55,67)(H,56,63)(H,57,64)(H,65,66)(H,68,69);2*1H/t41-,42-,43-,46+;;/m1../s1. The summed E-state index contributed by atoms with van der Waals surface area (Å²) < 4.78 is 21.6. The molecular formula is C54H99N3O16. The molecule has 0 aromatic rings. The summed E-state index contributed by atoms with van der Waals surface area (Å²) >= 11 is 0. The van der Waals surface area contributed by atoms with E-state index in [0.717, 1.165) is 44.9 Å². The molecular weight excluding hydrogens is 947 g/mol. The number of primary amides is 1. The Morgan fingerprint density at radius 1 is 0.507 bits per heavy atom. The van der Waals surface area contributed by atoms with Crippen molar-refractivity contribution in [3.63, 3.8) is 0 Å². The van der Waals surface area contributed by atoms with Gasteiger partial charge in [-0.15, -0.1) is 0 Å². The number of ketones is 4. The van der Waals surface area contributed by atoms with Gasteiger partial charge in [-0.1, -0.05) is 104 Å². The van der Waals surface area contributed by atoms with E-state index in [1.807, 2.05) is 0 Å². The van der Waals surface area contributed by atoms with Crippen LogP contribution in [-0.4, -0.2) is 140 Å². The van der Waals surface area contributed by atoms with Crippen molar-refractivity contribution in [3.05, 3.63) is 0 Å². The van der Waals surface area contributed by atoms with Crippen molar-refractivity contribution >= 4 is 52.8 Å². The number of aliphatic hydroxyl groups excluding tert-OH is 1. The van der Waals surface area contributed by atoms with Gasteiger partial charge in [-0.05, 0) is 45.4 Å². The van der Waals surface area contributed by atoms with Crippen LogP contribution in [0.1, 0.15) is 197 Å². The van der Waals surface area contributed by atoms with E-state index >= 15 is 0 Å². The maximum atomic E-state index is 13.0. The number of carbonyl (C=O) groups is 9. The fourth-order valence-corrected chi connectivity index (χ4v) is 7.92. The molecule has 0 aromatic carbocycles. The molecule has 0 saturated heterocycles. The van der Waals surface area contributed by atoms with E-state index in [4.69, 9.17) is 29.8 Å². The van der Waals surface area contributed by atoms with Crippen LogP contribution in [-0.2, 0) is 62.1 Å². The molecule has 0 aliphatic carbocycles. The minimum Gasteiger partial charge on any atom is -0.481 e. The lowest BCUT2D eigenvalue weighted by Gasteiger charge is -2.23. The number of Topliss-reactive ketones (excluding diaryl/α,β-unsaturated/α-hetero) is 4. The topological polar surface area (TPSA) is 301 Å². The SMILES string of the molecule is C[C@@H](O)[C@H](CC(=O)[C@H](CCCCNC(=O)COCCOCCNC(=O)COCCOCCCC(=O)CC[C@H](CC(=O)CCCCCCCCCCCCCCCCC(=O)O)C(=O)O)CC(=O)C(C)(C)C)C(N)=O.[HH].[HH]. The van der Waals surface area contributed by atoms with Gasteiger partial charge in [-0.2, -0.15) is 0 Å². The van der Waals surface area contributed by atoms with E-state index in [0.29, 0.717) is 45.3 Å². The van der Waals surface area contributed by atoms with Gasteiger partial charge in [0, 0.05) is 78.8 Å². The molecule has 3 amide bonds. The lowest BCUT2D eigenvalue weighted by Crippen LogP contribution is -2.36. The van der Waals surface area contributed by atoms with Crippen molar-refractivity contribution in [2.45, 2.75) is 201 Å². The number of hydrogen-bond acceptors (Lipinski definition) is 14. The average Bonchev–Trinajstić information content (AvgIpc) is 3.32. The number of carboxylic acid groups (broad SMARTS) is 2. The van der Waals surface area contributed by atoms with Gasteiger partial charge in [0.05, 0.1) is 51.0 Å². The number of rotatable bonds is 52. The minimum absolute atomic E-state index is 0. The highest BCUT2D eigenvalue weighted by Gasteiger charge is 2.32. The third-order valence-electron chi connectivity index (χ3n) is 12.6. The molecule has 0 aromatic heterocycles. The third-order valence-corrected chi connectivity index (χ3v) is 12.6. The second-order valence-corrected chi connectivity index (χ2v) is 20.3. The molecule has 0 unspecified atom stereocenters. The van der Waals surface area contributed by atoms with Crippen LogP contribution in [0.15, 0.2) is 0 Å². The van der Waals surface area contributed by atoms with Crippen molar-refractivity contribution in [2.75, 3.05) is 65.9 Å². The molecule has 0 aliphatic rings. The molecule has 73 heavy (non-hydrogen) atoms. The molecule has 0 fully saturated rings. The molecule has 19 nitrogen and oxygen atoms in total. The highest BCUT2D eigenvalue weighted by molar-refractivity contribution is 5.92. The highest BCUT2D eigenvalue weighted by Crippen LogP contribution is 2.26. The molecule has 0 aliphatic heterocycles. The smallest absolute Gasteiger partial charge is 0.306 e. The van der Waals surface area contributed by atoms with Crippen LogP contribution in [0, 0.1) is 23.2 Å². The first-order valence-corrected chi connectivity index (χ1v) is 27.1. The Morgan fingerprint density at radius 2 is 0.986 bits per heavy atom. The number of carbonyl (C=O) groups excluding carboxylic acids is 7. The van der Waals surface area contributed by atoms with E-state index in [9.17, 15) is 53.4 Å². The molecule has 426 valence electrons. The Morgan fingerprint density at radius 3 is 1.48 bits per heavy atom. The first kappa shape index (κ1) is 68.8. The zero-order valence-electron chi connectivity index (χ0n) is 45.0. The third kappa shape index (κ3) is 41.8. The van der Waals surface area contributed by atoms with E-state index in [1.165, 1.54) is 51.9 Å². The number of hydrogen-bond donors (Lipinski definition) is 6. The largest absolute Gasteiger partial charge is 0.481 e. The highest BCUT2D eigenvalue weighted by atomic mass is 16.5. The number of nitrogens with two attached hydrogens (primary N) is 1. The van der Waals surface area contributed by atoms with E-state index in [2.05, 4.69) is 10.6 Å². The number of unbranched alkanes of at least 4 members (excludes halogenated alkanes) is 14. The molecule has 0 heterocycles. The van der Waals surface area contributed by atoms with Crippen molar-refractivity contribution in [1.29, 1.82) is 0 Å². The Kier molecular flexibility index (Phi) is 41.6. The van der Waals surface area contributed by atoms with Crippen LogP contribution in [0.25, 0.3) is 0 Å². The molecule has 0 bridgehead atoms. The number of carboxylic acids is 2. The van der Waals surface area contributed by atoms with Crippen molar-refractivity contribution < 1.29 is 80.3 Å². The summed E-state index contributed by atoms with van der Waals surface area (Å²) in [5.74, 6) is -6.27. The normalized spacial score (nSPS) is 13.2. The fraction of sp³-hybridized carbons (Fsp3) is 0.833. The van der Waals surface area contributed by atoms with Crippen LogP contribution in [0.5, 0.6) is 0 Å². The second-order valence-electron chi connectivity index (χ2n) is 20.3. The van der Waals surface area contributed by atoms with Crippen LogP contribution in [0.3, 0.4) is 0 Å². The number of nitrogens with one attached hydrogen (secondary N) is 2. The van der Waals surface area contributed by atoms with Crippen LogP contribution in [0.4, 0.5) is 0 Å². The number of ether oxygens (including phenoxy) is 4. The van der Waals surface area contributed by atoms with Gasteiger partial charge in [0.25, 0.3) is 0 Å². The summed E-state index contributed by atoms with van der Waals surface area (Å²) in [7, 11) is 0. The molecule has 4 atom stereocenters. The summed E-state index contributed by atoms with van der Waals surface area (Å²) in [6.07, 6.45) is 16.9. The Balaban J connectivity index is -0.0000259. The van der Waals surface area contributed by atoms with Gasteiger partial charge in [0.1, 0.15) is 36.3 Å². The Labute approximate surface area is 438 Å². The predicted octanol–water partition coefficient (Wildman–Crippen LogP) is 7.13.